The molecule has 278 valence electrons. The Labute approximate surface area is 242 Å². The molecule has 0 aliphatic heterocycles. The molecule has 0 aliphatic carbocycles. The number of halogens is 25. The van der Waals surface area contributed by atoms with Crippen LogP contribution in [0.5, 0.6) is 0 Å². The van der Waals surface area contributed by atoms with Crippen molar-refractivity contribution in [1.82, 2.24) is 0 Å². The molecule has 0 heterocycles. The van der Waals surface area contributed by atoms with Crippen LogP contribution in [-0.4, -0.2) is 83.9 Å². The van der Waals surface area contributed by atoms with Gasteiger partial charge in [-0.15, -0.1) is 0 Å². The van der Waals surface area contributed by atoms with E-state index >= 15 is 0 Å². The van der Waals surface area contributed by atoms with E-state index in [0.717, 1.165) is 0 Å². The number of esters is 1. The van der Waals surface area contributed by atoms with Gasteiger partial charge in [0.25, 0.3) is 0 Å². The molecule has 0 aromatic rings. The van der Waals surface area contributed by atoms with Crippen molar-refractivity contribution in [3.63, 3.8) is 0 Å². The van der Waals surface area contributed by atoms with Gasteiger partial charge in [-0.3, -0.25) is 0 Å². The van der Waals surface area contributed by atoms with Gasteiger partial charge in [0.05, 0.1) is 6.61 Å². The van der Waals surface area contributed by atoms with Crippen LogP contribution >= 0.6 is 0 Å². The van der Waals surface area contributed by atoms with Gasteiger partial charge in [-0.05, 0) is 18.6 Å². The van der Waals surface area contributed by atoms with Crippen LogP contribution in [0.25, 0.3) is 0 Å². The fourth-order valence-electron chi connectivity index (χ4n) is 2.72. The van der Waals surface area contributed by atoms with Gasteiger partial charge in [-0.1, -0.05) is 6.58 Å². The van der Waals surface area contributed by atoms with Crippen LogP contribution < -0.4 is 0 Å². The van der Waals surface area contributed by atoms with Crippen molar-refractivity contribution in [3.8, 4) is 0 Å². The predicted octanol–water partition coefficient (Wildman–Crippen LogP) is 9.60. The van der Waals surface area contributed by atoms with Crippen molar-refractivity contribution < 1.29 is 119 Å². The van der Waals surface area contributed by atoms with E-state index in [1.54, 1.807) is 0 Å². The first-order valence-corrected chi connectivity index (χ1v) is 10.9. The second-order valence-corrected chi connectivity index (χ2v) is 8.85. The van der Waals surface area contributed by atoms with Gasteiger partial charge in [0.15, 0.2) is 0 Å². The molecule has 0 amide bonds. The summed E-state index contributed by atoms with van der Waals surface area (Å²) in [5.74, 6) is -91.4. The Morgan fingerprint density at radius 3 is 1.06 bits per heavy atom. The summed E-state index contributed by atoms with van der Waals surface area (Å²) in [6.45, 7) is 1.33. The molecule has 0 aliphatic rings. The van der Waals surface area contributed by atoms with Crippen LogP contribution in [0.15, 0.2) is 24.8 Å². The lowest BCUT2D eigenvalue weighted by atomic mass is 9.89. The van der Waals surface area contributed by atoms with Crippen LogP contribution in [0.2, 0.25) is 0 Å². The van der Waals surface area contributed by atoms with Crippen molar-refractivity contribution >= 4 is 5.97 Å². The zero-order chi connectivity index (χ0) is 38.5. The second kappa shape index (κ2) is 12.3. The molecular formula is C20H11F25O2. The number of rotatable bonds is 16. The van der Waals surface area contributed by atoms with Crippen molar-refractivity contribution in [2.24, 2.45) is 0 Å². The van der Waals surface area contributed by atoms with Crippen LogP contribution in [0.1, 0.15) is 12.8 Å². The van der Waals surface area contributed by atoms with E-state index in [9.17, 15) is 115 Å². The Morgan fingerprint density at radius 1 is 0.468 bits per heavy atom. The molecule has 0 fully saturated rings. The van der Waals surface area contributed by atoms with Gasteiger partial charge in [0.2, 0.25) is 0 Å². The number of ether oxygens (including phenoxy) is 1. The molecule has 27 heteroatoms. The standard InChI is InChI=1S/C20H11F25O2/c1-2-8(46)47-7-3-4-9(21,22)12(27,28)15(33,34)16(35,36)13(29,30)10(23,24)5-6-11(25,26)14(31,32)17(37,38)18(39,40)19(41,42)20(43,44)45/h2,5-6H,1,3-4,7H2. The summed E-state index contributed by atoms with van der Waals surface area (Å²) in [5, 5.41) is 0. The first-order valence-electron chi connectivity index (χ1n) is 10.9. The third-order valence-electron chi connectivity index (χ3n) is 5.57. The summed E-state index contributed by atoms with van der Waals surface area (Å²) >= 11 is 0. The summed E-state index contributed by atoms with van der Waals surface area (Å²) in [7, 11) is 0. The molecular weight excluding hydrogens is 747 g/mol. The van der Waals surface area contributed by atoms with Gasteiger partial charge in [0.1, 0.15) is 0 Å². The van der Waals surface area contributed by atoms with Crippen LogP contribution in [0.3, 0.4) is 0 Å². The summed E-state index contributed by atoms with van der Waals surface area (Å²) in [6, 6.07) is 0. The SMILES string of the molecule is C=CC(=O)OCCCC(F)(F)C(F)(F)C(F)(F)C(F)(F)C(F)(F)C(F)(F)C=CC(F)(F)C(F)(F)C(F)(F)C(F)(F)C(F)(F)C(F)(F)F. The minimum atomic E-state index is -8.74. The highest BCUT2D eigenvalue weighted by Crippen LogP contribution is 2.63. The van der Waals surface area contributed by atoms with Crippen molar-refractivity contribution in [2.45, 2.75) is 84.2 Å². The molecule has 0 rings (SSSR count). The highest BCUT2D eigenvalue weighted by atomic mass is 19.4. The van der Waals surface area contributed by atoms with Crippen LogP contribution in [-0.2, 0) is 9.53 Å². The first-order chi connectivity index (χ1) is 20.2. The fourth-order valence-corrected chi connectivity index (χ4v) is 2.72. The van der Waals surface area contributed by atoms with Gasteiger partial charge in [-0.25, -0.2) is 4.79 Å². The van der Waals surface area contributed by atoms with E-state index in [4.69, 9.17) is 0 Å². The lowest BCUT2D eigenvalue weighted by Gasteiger charge is -2.41. The number of carbonyl (C=O) groups is 1. The lowest BCUT2D eigenvalue weighted by molar-refractivity contribution is -0.436. The van der Waals surface area contributed by atoms with Crippen LogP contribution in [0, 0.1) is 0 Å². The third-order valence-corrected chi connectivity index (χ3v) is 5.57. The normalized spacial score (nSPS) is 16.1. The van der Waals surface area contributed by atoms with Crippen LogP contribution in [0.4, 0.5) is 110 Å². The minimum Gasteiger partial charge on any atom is -0.463 e. The Bertz CT molecular complexity index is 1160. The Morgan fingerprint density at radius 2 is 0.766 bits per heavy atom. The lowest BCUT2D eigenvalue weighted by Crippen LogP contribution is -2.70. The van der Waals surface area contributed by atoms with Crippen molar-refractivity contribution in [2.75, 3.05) is 6.61 Å². The fraction of sp³-hybridized carbons (Fsp3) is 0.750. The molecule has 0 aromatic heterocycles. The molecule has 0 radical (unpaired) electrons. The summed E-state index contributed by atoms with van der Waals surface area (Å²) in [4.78, 5) is 10.7. The minimum absolute atomic E-state index is 0.308. The zero-order valence-electron chi connectivity index (χ0n) is 21.3. The van der Waals surface area contributed by atoms with Gasteiger partial charge >= 0.3 is 77.3 Å². The molecule has 0 saturated carbocycles. The molecule has 0 N–H and O–H groups in total. The molecule has 0 bridgehead atoms. The molecule has 0 atom stereocenters. The third kappa shape index (κ3) is 6.75. The van der Waals surface area contributed by atoms with E-state index < -0.39 is 109 Å². The molecule has 0 unspecified atom stereocenters. The molecule has 0 aromatic carbocycles. The number of hydrogen-bond acceptors (Lipinski definition) is 2. The monoisotopic (exact) mass is 758 g/mol. The maximum absolute atomic E-state index is 13.8. The average Bonchev–Trinajstić information content (AvgIpc) is 2.88. The van der Waals surface area contributed by atoms with Crippen molar-refractivity contribution in [3.05, 3.63) is 24.8 Å². The Kier molecular flexibility index (Phi) is 11.5. The molecule has 2 nitrogen and oxygen atoms in total. The highest BCUT2D eigenvalue weighted by molar-refractivity contribution is 5.81. The smallest absolute Gasteiger partial charge is 0.460 e. The van der Waals surface area contributed by atoms with Crippen molar-refractivity contribution in [1.29, 1.82) is 0 Å². The molecule has 47 heavy (non-hydrogen) atoms. The molecule has 0 saturated heterocycles. The summed E-state index contributed by atoms with van der Waals surface area (Å²) in [6.07, 6.45) is -18.1. The first kappa shape index (κ1) is 44.2. The Hall–Kier alpha value is -2.80. The highest BCUT2D eigenvalue weighted by Gasteiger charge is 2.92. The average molecular weight is 758 g/mol. The number of hydrogen-bond donors (Lipinski definition) is 0. The van der Waals surface area contributed by atoms with E-state index in [1.807, 2.05) is 0 Å². The van der Waals surface area contributed by atoms with E-state index in [2.05, 4.69) is 11.3 Å². The maximum atomic E-state index is 13.8. The van der Waals surface area contributed by atoms with E-state index in [1.165, 1.54) is 0 Å². The van der Waals surface area contributed by atoms with E-state index in [-0.39, 0.29) is 0 Å². The summed E-state index contributed by atoms with van der Waals surface area (Å²) < 4.78 is 338. The Balaban J connectivity index is 6.74. The quantitative estimate of drug-likeness (QED) is 0.0516. The largest absolute Gasteiger partial charge is 0.463 e. The number of allylic oxidation sites excluding steroid dienone is 2. The topological polar surface area (TPSA) is 26.3 Å². The number of alkyl halides is 25. The number of carbonyl (C=O) groups excluding carboxylic acids is 1. The maximum Gasteiger partial charge on any atom is 0.460 e. The van der Waals surface area contributed by atoms with Gasteiger partial charge < -0.3 is 4.74 Å². The second-order valence-electron chi connectivity index (χ2n) is 8.85. The van der Waals surface area contributed by atoms with E-state index in [0.29, 0.717) is 6.08 Å². The van der Waals surface area contributed by atoms with Gasteiger partial charge in [-0.2, -0.15) is 110 Å². The zero-order valence-corrected chi connectivity index (χ0v) is 21.3. The van der Waals surface area contributed by atoms with Gasteiger partial charge in [0, 0.05) is 12.5 Å². The predicted molar refractivity (Wildman–Crippen MR) is 100 cm³/mol. The summed E-state index contributed by atoms with van der Waals surface area (Å²) in [5.41, 5.74) is 0. The molecule has 0 spiro atoms.